The van der Waals surface area contributed by atoms with Crippen LogP contribution in [0, 0.1) is 0 Å². The SMILES string of the molecule is O=C(NC[C@@H]1CCCO1)N1CCC[C@@H]1c1cccs1. The second kappa shape index (κ2) is 5.92. The first-order chi connectivity index (χ1) is 9.34. The molecule has 0 unspecified atom stereocenters. The Morgan fingerprint density at radius 2 is 2.42 bits per heavy atom. The maximum atomic E-state index is 12.3. The van der Waals surface area contributed by atoms with E-state index in [1.807, 2.05) is 4.90 Å². The molecule has 104 valence electrons. The number of thiophene rings is 1. The number of likely N-dealkylation sites (tertiary alicyclic amines) is 1. The molecule has 2 aliphatic rings. The van der Waals surface area contributed by atoms with Crippen LogP contribution in [-0.2, 0) is 4.74 Å². The Kier molecular flexibility index (Phi) is 4.03. The summed E-state index contributed by atoms with van der Waals surface area (Å²) in [6.45, 7) is 2.34. The van der Waals surface area contributed by atoms with Crippen LogP contribution < -0.4 is 5.32 Å². The van der Waals surface area contributed by atoms with Crippen LogP contribution in [0.4, 0.5) is 4.79 Å². The topological polar surface area (TPSA) is 41.6 Å². The van der Waals surface area contributed by atoms with E-state index in [1.165, 1.54) is 4.88 Å². The van der Waals surface area contributed by atoms with E-state index in [0.717, 1.165) is 38.8 Å². The summed E-state index contributed by atoms with van der Waals surface area (Å²) in [5.74, 6) is 0. The molecule has 0 aliphatic carbocycles. The van der Waals surface area contributed by atoms with Crippen LogP contribution in [0.25, 0.3) is 0 Å². The van der Waals surface area contributed by atoms with E-state index in [0.29, 0.717) is 6.54 Å². The minimum atomic E-state index is 0.0615. The quantitative estimate of drug-likeness (QED) is 0.925. The molecule has 3 rings (SSSR count). The zero-order chi connectivity index (χ0) is 13.1. The Bertz CT molecular complexity index is 415. The predicted octanol–water partition coefficient (Wildman–Crippen LogP) is 2.77. The van der Waals surface area contributed by atoms with E-state index >= 15 is 0 Å². The highest BCUT2D eigenvalue weighted by atomic mass is 32.1. The monoisotopic (exact) mass is 280 g/mol. The predicted molar refractivity (Wildman–Crippen MR) is 75.4 cm³/mol. The van der Waals surface area contributed by atoms with E-state index in [4.69, 9.17) is 4.74 Å². The van der Waals surface area contributed by atoms with E-state index in [9.17, 15) is 4.79 Å². The van der Waals surface area contributed by atoms with Gasteiger partial charge in [-0.25, -0.2) is 4.79 Å². The van der Waals surface area contributed by atoms with Crippen molar-refractivity contribution in [2.24, 2.45) is 0 Å². The molecule has 2 atom stereocenters. The highest BCUT2D eigenvalue weighted by Crippen LogP contribution is 2.34. The van der Waals surface area contributed by atoms with E-state index in [1.54, 1.807) is 11.3 Å². The van der Waals surface area contributed by atoms with Gasteiger partial charge >= 0.3 is 6.03 Å². The summed E-state index contributed by atoms with van der Waals surface area (Å²) in [4.78, 5) is 15.5. The van der Waals surface area contributed by atoms with Crippen molar-refractivity contribution < 1.29 is 9.53 Å². The summed E-state index contributed by atoms with van der Waals surface area (Å²) < 4.78 is 5.53. The van der Waals surface area contributed by atoms with Crippen LogP contribution in [0.1, 0.15) is 36.6 Å². The van der Waals surface area contributed by atoms with Crippen LogP contribution in [0.2, 0.25) is 0 Å². The van der Waals surface area contributed by atoms with E-state index in [2.05, 4.69) is 22.8 Å². The molecular weight excluding hydrogens is 260 g/mol. The van der Waals surface area contributed by atoms with Gasteiger partial charge in [0.1, 0.15) is 0 Å². The molecule has 2 fully saturated rings. The van der Waals surface area contributed by atoms with E-state index in [-0.39, 0.29) is 18.2 Å². The lowest BCUT2D eigenvalue weighted by Crippen LogP contribution is -2.42. The molecule has 0 spiro atoms. The maximum absolute atomic E-state index is 12.3. The number of carbonyl (C=O) groups is 1. The number of nitrogens with zero attached hydrogens (tertiary/aromatic N) is 1. The average molecular weight is 280 g/mol. The van der Waals surface area contributed by atoms with Gasteiger partial charge in [-0.2, -0.15) is 0 Å². The van der Waals surface area contributed by atoms with Gasteiger partial charge in [-0.3, -0.25) is 0 Å². The van der Waals surface area contributed by atoms with Crippen LogP contribution in [0.15, 0.2) is 17.5 Å². The summed E-state index contributed by atoms with van der Waals surface area (Å²) in [5.41, 5.74) is 0. The van der Waals surface area contributed by atoms with Crippen LogP contribution in [-0.4, -0.2) is 36.7 Å². The smallest absolute Gasteiger partial charge is 0.318 e. The second-order valence-corrected chi connectivity index (χ2v) is 6.17. The molecule has 2 saturated heterocycles. The molecule has 0 saturated carbocycles. The molecule has 2 amide bonds. The van der Waals surface area contributed by atoms with Crippen LogP contribution in [0.5, 0.6) is 0 Å². The summed E-state index contributed by atoms with van der Waals surface area (Å²) >= 11 is 1.74. The highest BCUT2D eigenvalue weighted by molar-refractivity contribution is 7.10. The van der Waals surface area contributed by atoms with Gasteiger partial charge in [0.25, 0.3) is 0 Å². The number of hydrogen-bond donors (Lipinski definition) is 1. The molecule has 1 aromatic rings. The fourth-order valence-electron chi connectivity index (χ4n) is 2.89. The molecule has 5 heteroatoms. The van der Waals surface area contributed by atoms with Crippen molar-refractivity contribution in [3.8, 4) is 0 Å². The Balaban J connectivity index is 1.56. The Labute approximate surface area is 117 Å². The van der Waals surface area contributed by atoms with Crippen molar-refractivity contribution in [2.75, 3.05) is 19.7 Å². The van der Waals surface area contributed by atoms with Crippen molar-refractivity contribution >= 4 is 17.4 Å². The molecule has 4 nitrogen and oxygen atoms in total. The Hall–Kier alpha value is -1.07. The third kappa shape index (κ3) is 2.92. The number of ether oxygens (including phenoxy) is 1. The fraction of sp³-hybridized carbons (Fsp3) is 0.643. The van der Waals surface area contributed by atoms with Crippen LogP contribution in [0.3, 0.4) is 0 Å². The first-order valence-electron chi connectivity index (χ1n) is 7.04. The number of carbonyl (C=O) groups excluding carboxylic acids is 1. The third-order valence-corrected chi connectivity index (χ3v) is 4.86. The average Bonchev–Trinajstić information content (AvgIpc) is 3.14. The molecule has 2 aliphatic heterocycles. The highest BCUT2D eigenvalue weighted by Gasteiger charge is 2.30. The fourth-order valence-corrected chi connectivity index (χ4v) is 3.77. The zero-order valence-electron chi connectivity index (χ0n) is 11.0. The minimum absolute atomic E-state index is 0.0615. The molecule has 0 bridgehead atoms. The maximum Gasteiger partial charge on any atom is 0.318 e. The number of nitrogens with one attached hydrogen (secondary N) is 1. The van der Waals surface area contributed by atoms with Gasteiger partial charge in [0.05, 0.1) is 12.1 Å². The Morgan fingerprint density at radius 1 is 1.47 bits per heavy atom. The lowest BCUT2D eigenvalue weighted by molar-refractivity contribution is 0.108. The molecule has 0 radical (unpaired) electrons. The van der Waals surface area contributed by atoms with Crippen molar-refractivity contribution in [3.05, 3.63) is 22.4 Å². The molecule has 3 heterocycles. The van der Waals surface area contributed by atoms with E-state index < -0.39 is 0 Å². The van der Waals surface area contributed by atoms with Crippen molar-refractivity contribution in [2.45, 2.75) is 37.8 Å². The molecule has 19 heavy (non-hydrogen) atoms. The first-order valence-corrected chi connectivity index (χ1v) is 7.92. The largest absolute Gasteiger partial charge is 0.376 e. The molecular formula is C14H20N2O2S. The molecule has 1 aromatic heterocycles. The lowest BCUT2D eigenvalue weighted by Gasteiger charge is -2.25. The minimum Gasteiger partial charge on any atom is -0.376 e. The van der Waals surface area contributed by atoms with Crippen LogP contribution >= 0.6 is 11.3 Å². The van der Waals surface area contributed by atoms with Crippen molar-refractivity contribution in [3.63, 3.8) is 0 Å². The van der Waals surface area contributed by atoms with Gasteiger partial charge in [0, 0.05) is 24.6 Å². The number of hydrogen-bond acceptors (Lipinski definition) is 3. The standard InChI is InChI=1S/C14H20N2O2S/c17-14(15-10-11-4-2-8-18-11)16-7-1-5-12(16)13-6-3-9-19-13/h3,6,9,11-12H,1-2,4-5,7-8,10H2,(H,15,17)/t11-,12+/m0/s1. The van der Waals surface area contributed by atoms with Gasteiger partial charge in [-0.1, -0.05) is 6.07 Å². The van der Waals surface area contributed by atoms with Gasteiger partial charge in [-0.15, -0.1) is 11.3 Å². The van der Waals surface area contributed by atoms with Crippen molar-refractivity contribution in [1.29, 1.82) is 0 Å². The normalized spacial score (nSPS) is 26.8. The van der Waals surface area contributed by atoms with Gasteiger partial charge < -0.3 is 15.0 Å². The summed E-state index contributed by atoms with van der Waals surface area (Å²) in [7, 11) is 0. The van der Waals surface area contributed by atoms with Crippen molar-refractivity contribution in [1.82, 2.24) is 10.2 Å². The van der Waals surface area contributed by atoms with Gasteiger partial charge in [0.2, 0.25) is 0 Å². The van der Waals surface area contributed by atoms with Gasteiger partial charge in [-0.05, 0) is 37.1 Å². The summed E-state index contributed by atoms with van der Waals surface area (Å²) in [6, 6.07) is 4.51. The summed E-state index contributed by atoms with van der Waals surface area (Å²) in [6.07, 6.45) is 4.56. The Morgan fingerprint density at radius 3 is 3.16 bits per heavy atom. The number of urea groups is 1. The zero-order valence-corrected chi connectivity index (χ0v) is 11.8. The lowest BCUT2D eigenvalue weighted by atomic mass is 10.2. The molecule has 0 aromatic carbocycles. The molecule has 1 N–H and O–H groups in total. The number of rotatable bonds is 3. The number of amides is 2. The summed E-state index contributed by atoms with van der Waals surface area (Å²) in [5, 5.41) is 5.10. The van der Waals surface area contributed by atoms with Gasteiger partial charge in [0.15, 0.2) is 0 Å². The first kappa shape index (κ1) is 12.9. The second-order valence-electron chi connectivity index (χ2n) is 5.19. The third-order valence-electron chi connectivity index (χ3n) is 3.89.